The average molecular weight is 340 g/mol. The Morgan fingerprint density at radius 2 is 2.12 bits per heavy atom. The van der Waals surface area contributed by atoms with Crippen molar-refractivity contribution in [1.29, 1.82) is 0 Å². The Morgan fingerprint density at radius 1 is 1.33 bits per heavy atom. The number of amides is 2. The molecule has 24 heavy (non-hydrogen) atoms. The molecule has 2 aromatic rings. The molecule has 3 rings (SSSR count). The molecule has 3 heterocycles. The van der Waals surface area contributed by atoms with Crippen LogP contribution in [-0.4, -0.2) is 32.1 Å². The number of carbonyl (C=O) groups is 2. The van der Waals surface area contributed by atoms with Crippen LogP contribution < -0.4 is 10.7 Å². The van der Waals surface area contributed by atoms with Gasteiger partial charge >= 0.3 is 6.18 Å². The molecule has 0 atom stereocenters. The van der Waals surface area contributed by atoms with Gasteiger partial charge in [-0.05, 0) is 12.1 Å². The molecule has 11 heteroatoms. The van der Waals surface area contributed by atoms with Gasteiger partial charge in [0.1, 0.15) is 11.3 Å². The van der Waals surface area contributed by atoms with Gasteiger partial charge in [0, 0.05) is 19.0 Å². The first-order chi connectivity index (χ1) is 11.4. The summed E-state index contributed by atoms with van der Waals surface area (Å²) in [5.74, 6) is -0.668. The number of nitrogens with zero attached hydrogens (tertiary/aromatic N) is 4. The fourth-order valence-electron chi connectivity index (χ4n) is 2.20. The van der Waals surface area contributed by atoms with Crippen LogP contribution in [0.3, 0.4) is 0 Å². The van der Waals surface area contributed by atoms with Crippen LogP contribution in [0.1, 0.15) is 24.2 Å². The molecule has 1 aliphatic rings. The van der Waals surface area contributed by atoms with Crippen LogP contribution in [0.2, 0.25) is 0 Å². The molecule has 0 fully saturated rings. The lowest BCUT2D eigenvalue weighted by Crippen LogP contribution is -2.36. The minimum absolute atomic E-state index is 0.131. The summed E-state index contributed by atoms with van der Waals surface area (Å²) < 4.78 is 39.9. The largest absolute Gasteiger partial charge is 0.420 e. The van der Waals surface area contributed by atoms with Crippen molar-refractivity contribution in [2.45, 2.75) is 25.6 Å². The highest BCUT2D eigenvalue weighted by atomic mass is 19.4. The Kier molecular flexibility index (Phi) is 3.91. The van der Waals surface area contributed by atoms with Gasteiger partial charge in [0.2, 0.25) is 5.91 Å². The van der Waals surface area contributed by atoms with E-state index in [1.807, 2.05) is 0 Å². The molecule has 126 valence electrons. The minimum atomic E-state index is -4.55. The summed E-state index contributed by atoms with van der Waals surface area (Å²) in [6, 6.07) is 2.14. The average Bonchev–Trinajstić information content (AvgIpc) is 2.95. The Hall–Kier alpha value is -2.98. The summed E-state index contributed by atoms with van der Waals surface area (Å²) in [5, 5.41) is 13.4. The van der Waals surface area contributed by atoms with Gasteiger partial charge in [-0.25, -0.2) is 5.43 Å². The first-order valence-corrected chi connectivity index (χ1v) is 6.89. The number of fused-ring (bicyclic) bond motifs is 1. The number of hydrogen-bond donors (Lipinski definition) is 2. The monoisotopic (exact) mass is 340 g/mol. The van der Waals surface area contributed by atoms with Gasteiger partial charge in [-0.2, -0.15) is 18.3 Å². The Labute approximate surface area is 132 Å². The third-order valence-corrected chi connectivity index (χ3v) is 3.38. The van der Waals surface area contributed by atoms with Crippen molar-refractivity contribution in [3.63, 3.8) is 0 Å². The number of hydrazone groups is 1. The van der Waals surface area contributed by atoms with E-state index in [0.717, 1.165) is 10.5 Å². The zero-order valence-electron chi connectivity index (χ0n) is 12.1. The molecule has 2 N–H and O–H groups in total. The van der Waals surface area contributed by atoms with Crippen LogP contribution in [-0.2, 0) is 22.3 Å². The van der Waals surface area contributed by atoms with Crippen molar-refractivity contribution in [2.75, 3.05) is 0 Å². The van der Waals surface area contributed by atoms with Crippen molar-refractivity contribution in [3.05, 3.63) is 29.7 Å². The molecular formula is C13H11F3N6O2. The molecule has 0 saturated heterocycles. The van der Waals surface area contributed by atoms with Crippen LogP contribution in [0.5, 0.6) is 0 Å². The summed E-state index contributed by atoms with van der Waals surface area (Å²) in [5.41, 5.74) is 1.08. The number of nitrogens with one attached hydrogen (secondary N) is 2. The maximum atomic E-state index is 12.9. The molecule has 0 saturated carbocycles. The van der Waals surface area contributed by atoms with Gasteiger partial charge in [0.15, 0.2) is 11.5 Å². The molecular weight excluding hydrogens is 329 g/mol. The number of halogens is 3. The Balaban J connectivity index is 1.77. The van der Waals surface area contributed by atoms with Crippen LogP contribution in [0.25, 0.3) is 5.65 Å². The highest BCUT2D eigenvalue weighted by Gasteiger charge is 2.34. The fourth-order valence-corrected chi connectivity index (χ4v) is 2.20. The lowest BCUT2D eigenvalue weighted by molar-refractivity contribution is -0.136. The third kappa shape index (κ3) is 3.05. The Bertz CT molecular complexity index is 842. The quantitative estimate of drug-likeness (QED) is 0.856. The molecule has 0 bridgehead atoms. The van der Waals surface area contributed by atoms with E-state index >= 15 is 0 Å². The second-order valence-corrected chi connectivity index (χ2v) is 5.01. The zero-order chi connectivity index (χ0) is 17.3. The van der Waals surface area contributed by atoms with Crippen molar-refractivity contribution in [1.82, 2.24) is 25.3 Å². The van der Waals surface area contributed by atoms with E-state index in [9.17, 15) is 22.8 Å². The molecule has 8 nitrogen and oxygen atoms in total. The van der Waals surface area contributed by atoms with Gasteiger partial charge in [-0.15, -0.1) is 10.2 Å². The van der Waals surface area contributed by atoms with Gasteiger partial charge in [0.05, 0.1) is 6.54 Å². The number of alkyl halides is 3. The van der Waals surface area contributed by atoms with Crippen LogP contribution in [0.15, 0.2) is 23.4 Å². The number of pyridine rings is 1. The molecule has 0 aliphatic carbocycles. The van der Waals surface area contributed by atoms with Crippen molar-refractivity contribution in [2.24, 2.45) is 5.10 Å². The molecule has 1 aliphatic heterocycles. The summed E-state index contributed by atoms with van der Waals surface area (Å²) in [4.78, 5) is 22.9. The molecule has 0 spiro atoms. The van der Waals surface area contributed by atoms with Crippen molar-refractivity contribution < 1.29 is 22.8 Å². The number of aromatic nitrogens is 3. The van der Waals surface area contributed by atoms with Gasteiger partial charge in [0.25, 0.3) is 5.91 Å². The first kappa shape index (κ1) is 15.9. The number of hydrogen-bond acceptors (Lipinski definition) is 5. The van der Waals surface area contributed by atoms with E-state index in [2.05, 4.69) is 26.0 Å². The van der Waals surface area contributed by atoms with Crippen LogP contribution in [0, 0.1) is 0 Å². The maximum Gasteiger partial charge on any atom is 0.420 e. The SMILES string of the molecule is O=C1CCC(C(=O)NCc2nnc3c(C(F)(F)F)cccn23)=NN1. The normalized spacial score (nSPS) is 15.1. The second kappa shape index (κ2) is 5.91. The summed E-state index contributed by atoms with van der Waals surface area (Å²) in [6.45, 7) is -0.131. The molecule has 2 aromatic heterocycles. The van der Waals surface area contributed by atoms with Gasteiger partial charge in [-0.1, -0.05) is 0 Å². The zero-order valence-corrected chi connectivity index (χ0v) is 12.1. The Morgan fingerprint density at radius 3 is 2.79 bits per heavy atom. The van der Waals surface area contributed by atoms with E-state index in [1.165, 1.54) is 12.3 Å². The third-order valence-electron chi connectivity index (χ3n) is 3.38. The number of rotatable bonds is 3. The van der Waals surface area contributed by atoms with E-state index in [4.69, 9.17) is 0 Å². The van der Waals surface area contributed by atoms with E-state index < -0.39 is 17.6 Å². The smallest absolute Gasteiger partial charge is 0.344 e. The predicted octanol–water partition coefficient (Wildman–Crippen LogP) is 0.630. The second-order valence-electron chi connectivity index (χ2n) is 5.01. The minimum Gasteiger partial charge on any atom is -0.344 e. The molecule has 0 unspecified atom stereocenters. The molecule has 2 amide bonds. The van der Waals surface area contributed by atoms with E-state index in [-0.39, 0.29) is 42.5 Å². The highest BCUT2D eigenvalue weighted by molar-refractivity contribution is 6.39. The van der Waals surface area contributed by atoms with E-state index in [1.54, 1.807) is 0 Å². The summed E-state index contributed by atoms with van der Waals surface area (Å²) >= 11 is 0. The fraction of sp³-hybridized carbons (Fsp3) is 0.308. The van der Waals surface area contributed by atoms with Gasteiger partial charge in [-0.3, -0.25) is 14.0 Å². The summed E-state index contributed by atoms with van der Waals surface area (Å²) in [7, 11) is 0. The maximum absolute atomic E-state index is 12.9. The standard InChI is InChI=1S/C13H11F3N6O2/c14-13(15,16)7-2-1-5-22-9(19-21-11(7)22)6-17-12(24)8-3-4-10(23)20-18-8/h1-2,5H,3-4,6H2,(H,17,24)(H,20,23). The number of carbonyl (C=O) groups excluding carboxylic acids is 2. The topological polar surface area (TPSA) is 101 Å². The van der Waals surface area contributed by atoms with Crippen molar-refractivity contribution >= 4 is 23.2 Å². The highest BCUT2D eigenvalue weighted by Crippen LogP contribution is 2.31. The molecule has 0 aromatic carbocycles. The van der Waals surface area contributed by atoms with Crippen molar-refractivity contribution in [3.8, 4) is 0 Å². The van der Waals surface area contributed by atoms with Crippen LogP contribution >= 0.6 is 0 Å². The lowest BCUT2D eigenvalue weighted by Gasteiger charge is -2.11. The first-order valence-electron chi connectivity index (χ1n) is 6.89. The van der Waals surface area contributed by atoms with Gasteiger partial charge < -0.3 is 5.32 Å². The predicted molar refractivity (Wildman–Crippen MR) is 74.6 cm³/mol. The van der Waals surface area contributed by atoms with E-state index in [0.29, 0.717) is 0 Å². The molecule has 0 radical (unpaired) electrons. The summed E-state index contributed by atoms with van der Waals surface area (Å²) in [6.07, 6.45) is -2.83. The lowest BCUT2D eigenvalue weighted by atomic mass is 10.1. The van der Waals surface area contributed by atoms with Crippen LogP contribution in [0.4, 0.5) is 13.2 Å².